The predicted octanol–water partition coefficient (Wildman–Crippen LogP) is 14.7. The van der Waals surface area contributed by atoms with Crippen molar-refractivity contribution in [2.45, 2.75) is 251 Å². The molecule has 0 aliphatic rings. The van der Waals surface area contributed by atoms with E-state index < -0.39 is 32.5 Å². The van der Waals surface area contributed by atoms with Crippen molar-refractivity contribution < 1.29 is 37.9 Å². The van der Waals surface area contributed by atoms with Crippen LogP contribution in [-0.4, -0.2) is 41.0 Å². The van der Waals surface area contributed by atoms with Crippen molar-refractivity contribution in [2.75, 3.05) is 13.2 Å². The first-order valence-electron chi connectivity index (χ1n) is 23.6. The summed E-state index contributed by atoms with van der Waals surface area (Å²) in [6.07, 6.45) is 50.5. The highest BCUT2D eigenvalue weighted by Crippen LogP contribution is 2.36. The van der Waals surface area contributed by atoms with E-state index in [1.807, 2.05) is 0 Å². The molecule has 0 bridgehead atoms. The maximum atomic E-state index is 12.4. The molecular formula is C47H89O8P. The lowest BCUT2D eigenvalue weighted by molar-refractivity contribution is -0.161. The van der Waals surface area contributed by atoms with E-state index in [9.17, 15) is 14.2 Å². The third kappa shape index (κ3) is 45.2. The molecule has 2 N–H and O–H groups in total. The monoisotopic (exact) mass is 813 g/mol. The molecule has 0 radical (unpaired) electrons. The first-order chi connectivity index (χ1) is 27.3. The number of rotatable bonds is 44. The number of phosphoric acid groups is 1. The molecule has 8 nitrogen and oxygen atoms in total. The van der Waals surface area contributed by atoms with Gasteiger partial charge in [-0.2, -0.15) is 0 Å². The molecule has 56 heavy (non-hydrogen) atoms. The fourth-order valence-corrected chi connectivity index (χ4v) is 7.30. The average molecular weight is 813 g/mol. The molecule has 0 aromatic heterocycles. The van der Waals surface area contributed by atoms with Crippen molar-refractivity contribution in [3.63, 3.8) is 0 Å². The van der Waals surface area contributed by atoms with Crippen LogP contribution >= 0.6 is 7.82 Å². The Morgan fingerprint density at radius 1 is 0.464 bits per heavy atom. The SMILES string of the molecule is CCCCC/C=C\C/C=C\CCCCCCCCCC(=O)O[C@H](COC(=O)CCCCCCCCCCCCCCCCCCCCCCC)COP(=O)(O)O. The smallest absolute Gasteiger partial charge is 0.462 e. The van der Waals surface area contributed by atoms with Gasteiger partial charge in [-0.15, -0.1) is 0 Å². The van der Waals surface area contributed by atoms with Gasteiger partial charge in [0.15, 0.2) is 6.10 Å². The number of esters is 2. The van der Waals surface area contributed by atoms with E-state index in [0.29, 0.717) is 6.42 Å². The van der Waals surface area contributed by atoms with Crippen LogP contribution in [0.15, 0.2) is 24.3 Å². The van der Waals surface area contributed by atoms with Crippen molar-refractivity contribution in [3.05, 3.63) is 24.3 Å². The summed E-state index contributed by atoms with van der Waals surface area (Å²) in [6, 6.07) is 0. The van der Waals surface area contributed by atoms with E-state index in [2.05, 4.69) is 42.7 Å². The third-order valence-electron chi connectivity index (χ3n) is 10.5. The molecule has 0 fully saturated rings. The largest absolute Gasteiger partial charge is 0.469 e. The van der Waals surface area contributed by atoms with Gasteiger partial charge in [0.25, 0.3) is 0 Å². The van der Waals surface area contributed by atoms with Gasteiger partial charge in [0.2, 0.25) is 0 Å². The molecule has 0 saturated carbocycles. The molecule has 9 heteroatoms. The molecule has 0 spiro atoms. The van der Waals surface area contributed by atoms with Crippen LogP contribution in [-0.2, 0) is 28.2 Å². The van der Waals surface area contributed by atoms with Gasteiger partial charge in [-0.25, -0.2) is 4.57 Å². The summed E-state index contributed by atoms with van der Waals surface area (Å²) in [6.45, 7) is 3.69. The molecule has 0 aliphatic heterocycles. The van der Waals surface area contributed by atoms with Crippen LogP contribution in [0.1, 0.15) is 245 Å². The van der Waals surface area contributed by atoms with E-state index in [-0.39, 0.29) is 19.4 Å². The molecule has 0 saturated heterocycles. The Kier molecular flexibility index (Phi) is 42.0. The fraction of sp³-hybridized carbons (Fsp3) is 0.872. The maximum absolute atomic E-state index is 12.4. The Morgan fingerprint density at radius 3 is 1.21 bits per heavy atom. The summed E-state index contributed by atoms with van der Waals surface area (Å²) in [5.41, 5.74) is 0. The van der Waals surface area contributed by atoms with Crippen molar-refractivity contribution in [1.82, 2.24) is 0 Å². The Balaban J connectivity index is 3.82. The molecule has 0 rings (SSSR count). The first-order valence-corrected chi connectivity index (χ1v) is 25.2. The number of ether oxygens (including phenoxy) is 2. The topological polar surface area (TPSA) is 119 Å². The predicted molar refractivity (Wildman–Crippen MR) is 235 cm³/mol. The summed E-state index contributed by atoms with van der Waals surface area (Å²) in [5.74, 6) is -0.881. The van der Waals surface area contributed by atoms with Crippen LogP contribution in [0.2, 0.25) is 0 Å². The average Bonchev–Trinajstić information content (AvgIpc) is 3.17. The van der Waals surface area contributed by atoms with Crippen LogP contribution in [0.5, 0.6) is 0 Å². The zero-order valence-corrected chi connectivity index (χ0v) is 37.4. The highest BCUT2D eigenvalue weighted by Gasteiger charge is 2.23. The Hall–Kier alpha value is -1.47. The van der Waals surface area contributed by atoms with Crippen LogP contribution < -0.4 is 0 Å². The number of hydrogen-bond acceptors (Lipinski definition) is 6. The maximum Gasteiger partial charge on any atom is 0.469 e. The van der Waals surface area contributed by atoms with Crippen molar-refractivity contribution in [2.24, 2.45) is 0 Å². The van der Waals surface area contributed by atoms with Crippen LogP contribution in [0.25, 0.3) is 0 Å². The van der Waals surface area contributed by atoms with Gasteiger partial charge in [-0.05, 0) is 44.9 Å². The second-order valence-electron chi connectivity index (χ2n) is 16.1. The highest BCUT2D eigenvalue weighted by atomic mass is 31.2. The van der Waals surface area contributed by atoms with Crippen LogP contribution in [0.3, 0.4) is 0 Å². The van der Waals surface area contributed by atoms with E-state index in [0.717, 1.165) is 51.4 Å². The molecule has 0 aromatic rings. The standard InChI is InChI=1S/C47H89O8P/c1-3-5-7-9-11-13-15-17-19-21-22-23-24-26-27-29-31-33-35-37-39-41-46(48)53-43-45(44-54-56(50,51)52)55-47(49)42-40-38-36-34-32-30-28-25-20-18-16-14-12-10-8-6-4-2/h12,14,18,20,45H,3-11,13,15-17,19,21-44H2,1-2H3,(H2,50,51,52)/b14-12-,20-18-/t45-/m1/s1. The summed E-state index contributed by atoms with van der Waals surface area (Å²) in [4.78, 5) is 43.0. The van der Waals surface area contributed by atoms with Crippen LogP contribution in [0, 0.1) is 0 Å². The molecule has 330 valence electrons. The normalized spacial score (nSPS) is 12.6. The van der Waals surface area contributed by atoms with Crippen molar-refractivity contribution in [1.29, 1.82) is 0 Å². The molecule has 0 unspecified atom stereocenters. The number of carbonyl (C=O) groups is 2. The Morgan fingerprint density at radius 2 is 0.804 bits per heavy atom. The molecular weight excluding hydrogens is 723 g/mol. The summed E-state index contributed by atoms with van der Waals surface area (Å²) >= 11 is 0. The summed E-state index contributed by atoms with van der Waals surface area (Å²) in [7, 11) is -4.76. The third-order valence-corrected chi connectivity index (χ3v) is 11.0. The van der Waals surface area contributed by atoms with E-state index in [1.54, 1.807) is 0 Å². The number of phosphoric ester groups is 1. The van der Waals surface area contributed by atoms with Gasteiger partial charge < -0.3 is 19.3 Å². The number of allylic oxidation sites excluding steroid dienone is 4. The number of hydrogen-bond donors (Lipinski definition) is 2. The Labute approximate surface area is 345 Å². The molecule has 0 aliphatic carbocycles. The Bertz CT molecular complexity index is 962. The minimum Gasteiger partial charge on any atom is -0.462 e. The molecule has 0 aromatic carbocycles. The second kappa shape index (κ2) is 43.1. The first kappa shape index (κ1) is 54.5. The lowest BCUT2D eigenvalue weighted by atomic mass is 10.0. The zero-order valence-electron chi connectivity index (χ0n) is 36.5. The highest BCUT2D eigenvalue weighted by molar-refractivity contribution is 7.46. The van der Waals surface area contributed by atoms with E-state index >= 15 is 0 Å². The van der Waals surface area contributed by atoms with Gasteiger partial charge >= 0.3 is 19.8 Å². The zero-order chi connectivity index (χ0) is 41.1. The van der Waals surface area contributed by atoms with Crippen LogP contribution in [0.4, 0.5) is 0 Å². The summed E-state index contributed by atoms with van der Waals surface area (Å²) in [5, 5.41) is 0. The minimum atomic E-state index is -4.76. The minimum absolute atomic E-state index is 0.206. The quantitative estimate of drug-likeness (QED) is 0.0270. The lowest BCUT2D eigenvalue weighted by Crippen LogP contribution is -2.29. The lowest BCUT2D eigenvalue weighted by Gasteiger charge is -2.18. The fourth-order valence-electron chi connectivity index (χ4n) is 6.93. The van der Waals surface area contributed by atoms with Gasteiger partial charge in [0.1, 0.15) is 6.61 Å². The van der Waals surface area contributed by atoms with Gasteiger partial charge in [0.05, 0.1) is 6.61 Å². The number of unbranched alkanes of at least 4 members (excludes halogenated alkanes) is 30. The van der Waals surface area contributed by atoms with Crippen molar-refractivity contribution in [3.8, 4) is 0 Å². The van der Waals surface area contributed by atoms with Crippen molar-refractivity contribution >= 4 is 19.8 Å². The molecule has 0 amide bonds. The molecule has 0 heterocycles. The van der Waals surface area contributed by atoms with Gasteiger partial charge in [0, 0.05) is 12.8 Å². The summed E-state index contributed by atoms with van der Waals surface area (Å²) < 4.78 is 26.5. The number of carbonyl (C=O) groups excluding carboxylic acids is 2. The van der Waals surface area contributed by atoms with Gasteiger partial charge in [-0.3, -0.25) is 14.1 Å². The molecule has 1 atom stereocenters. The van der Waals surface area contributed by atoms with E-state index in [4.69, 9.17) is 19.3 Å². The van der Waals surface area contributed by atoms with Gasteiger partial charge in [-0.1, -0.05) is 212 Å². The second-order valence-corrected chi connectivity index (χ2v) is 17.3. The van der Waals surface area contributed by atoms with E-state index in [1.165, 1.54) is 161 Å².